The molecule has 3 rings (SSSR count). The zero-order valence-electron chi connectivity index (χ0n) is 16.8. The highest BCUT2D eigenvalue weighted by molar-refractivity contribution is 7.10. The summed E-state index contributed by atoms with van der Waals surface area (Å²) in [4.78, 5) is 11.6. The summed E-state index contributed by atoms with van der Waals surface area (Å²) in [6.07, 6.45) is 2.76. The number of hydrogen-bond donors (Lipinski definition) is 0. The molecule has 0 saturated carbocycles. The molecule has 0 amide bonds. The fraction of sp³-hybridized carbons (Fsp3) is 0.304. The first kappa shape index (κ1) is 19.3. The topological polar surface area (TPSA) is 28.5 Å². The highest BCUT2D eigenvalue weighted by Gasteiger charge is 2.09. The van der Waals surface area contributed by atoms with Gasteiger partial charge in [-0.25, -0.2) is 9.98 Å². The molecule has 0 N–H and O–H groups in total. The second-order valence-electron chi connectivity index (χ2n) is 7.05. The SMILES string of the molecule is CCN(C)/C=N/c1cc(C)c(Cc2nc(-c3ccc(C)cc3)cs2)cc1C. The maximum absolute atomic E-state index is 4.85. The van der Waals surface area contributed by atoms with Crippen molar-refractivity contribution in [3.8, 4) is 11.3 Å². The van der Waals surface area contributed by atoms with Gasteiger partial charge in [-0.15, -0.1) is 11.3 Å². The number of hydrogen-bond acceptors (Lipinski definition) is 3. The zero-order valence-corrected chi connectivity index (χ0v) is 17.6. The van der Waals surface area contributed by atoms with Gasteiger partial charge in [-0.2, -0.15) is 0 Å². The van der Waals surface area contributed by atoms with E-state index in [4.69, 9.17) is 4.98 Å². The Bertz CT molecular complexity index is 939. The Morgan fingerprint density at radius 3 is 2.52 bits per heavy atom. The minimum Gasteiger partial charge on any atom is -0.366 e. The van der Waals surface area contributed by atoms with Crippen molar-refractivity contribution in [1.29, 1.82) is 0 Å². The molecule has 3 aromatic rings. The standard InChI is InChI=1S/C23H27N3S/c1-6-26(5)15-24-21-12-17(3)20(11-18(21)4)13-23-25-22(14-27-23)19-9-7-16(2)8-10-19/h7-12,14-15H,6,13H2,1-5H3/b24-15+. The maximum atomic E-state index is 4.85. The van der Waals surface area contributed by atoms with E-state index in [9.17, 15) is 0 Å². The number of thiazole rings is 1. The normalized spacial score (nSPS) is 11.3. The van der Waals surface area contributed by atoms with Crippen molar-refractivity contribution < 1.29 is 0 Å². The Morgan fingerprint density at radius 2 is 1.81 bits per heavy atom. The largest absolute Gasteiger partial charge is 0.366 e. The monoisotopic (exact) mass is 377 g/mol. The summed E-state index contributed by atoms with van der Waals surface area (Å²) in [6, 6.07) is 13.0. The van der Waals surface area contributed by atoms with Crippen molar-refractivity contribution in [3.05, 3.63) is 69.0 Å². The van der Waals surface area contributed by atoms with Crippen LogP contribution >= 0.6 is 11.3 Å². The van der Waals surface area contributed by atoms with E-state index in [1.54, 1.807) is 11.3 Å². The first-order valence-electron chi connectivity index (χ1n) is 9.32. The first-order valence-corrected chi connectivity index (χ1v) is 10.2. The van der Waals surface area contributed by atoms with Crippen LogP contribution in [0.15, 0.2) is 46.8 Å². The molecule has 4 heteroatoms. The van der Waals surface area contributed by atoms with Crippen LogP contribution in [0, 0.1) is 20.8 Å². The number of aryl methyl sites for hydroxylation is 3. The minimum atomic E-state index is 0.863. The number of aromatic nitrogens is 1. The summed E-state index contributed by atoms with van der Waals surface area (Å²) in [5, 5.41) is 3.30. The Morgan fingerprint density at radius 1 is 1.07 bits per heavy atom. The summed E-state index contributed by atoms with van der Waals surface area (Å²) >= 11 is 1.73. The molecule has 0 aliphatic carbocycles. The molecule has 0 saturated heterocycles. The van der Waals surface area contributed by atoms with E-state index in [1.807, 2.05) is 13.4 Å². The molecule has 0 spiro atoms. The van der Waals surface area contributed by atoms with Gasteiger partial charge in [-0.05, 0) is 50.5 Å². The summed E-state index contributed by atoms with van der Waals surface area (Å²) < 4.78 is 0. The Kier molecular flexibility index (Phi) is 6.07. The molecule has 0 aliphatic rings. The van der Waals surface area contributed by atoms with Gasteiger partial charge < -0.3 is 4.90 Å². The molecule has 0 atom stereocenters. The summed E-state index contributed by atoms with van der Waals surface area (Å²) in [5.41, 5.74) is 8.34. The molecule has 0 fully saturated rings. The van der Waals surface area contributed by atoms with Gasteiger partial charge >= 0.3 is 0 Å². The lowest BCUT2D eigenvalue weighted by atomic mass is 10.0. The van der Waals surface area contributed by atoms with Crippen molar-refractivity contribution >= 4 is 23.4 Å². The molecule has 2 aromatic carbocycles. The molecule has 27 heavy (non-hydrogen) atoms. The van der Waals surface area contributed by atoms with Crippen LogP contribution < -0.4 is 0 Å². The maximum Gasteiger partial charge on any atom is 0.0976 e. The van der Waals surface area contributed by atoms with Gasteiger partial charge in [-0.3, -0.25) is 0 Å². The molecular weight excluding hydrogens is 350 g/mol. The van der Waals surface area contributed by atoms with E-state index < -0.39 is 0 Å². The van der Waals surface area contributed by atoms with Crippen molar-refractivity contribution in [3.63, 3.8) is 0 Å². The predicted octanol–water partition coefficient (Wildman–Crippen LogP) is 5.94. The van der Waals surface area contributed by atoms with E-state index in [0.717, 1.165) is 29.4 Å². The fourth-order valence-electron chi connectivity index (χ4n) is 2.84. The number of nitrogens with zero attached hydrogens (tertiary/aromatic N) is 3. The van der Waals surface area contributed by atoms with E-state index in [0.29, 0.717) is 0 Å². The third-order valence-corrected chi connectivity index (χ3v) is 5.64. The van der Waals surface area contributed by atoms with Crippen LogP contribution in [-0.2, 0) is 6.42 Å². The fourth-order valence-corrected chi connectivity index (χ4v) is 3.67. The molecule has 0 bridgehead atoms. The molecule has 140 valence electrons. The Balaban J connectivity index is 1.79. The lowest BCUT2D eigenvalue weighted by Crippen LogP contribution is -2.14. The lowest BCUT2D eigenvalue weighted by Gasteiger charge is -2.11. The van der Waals surface area contributed by atoms with Gasteiger partial charge in [0.05, 0.1) is 22.7 Å². The second kappa shape index (κ2) is 8.49. The van der Waals surface area contributed by atoms with E-state index >= 15 is 0 Å². The first-order chi connectivity index (χ1) is 13.0. The molecule has 0 unspecified atom stereocenters. The molecular formula is C23H27N3S. The zero-order chi connectivity index (χ0) is 19.4. The van der Waals surface area contributed by atoms with E-state index in [-0.39, 0.29) is 0 Å². The molecule has 1 heterocycles. The molecule has 3 nitrogen and oxygen atoms in total. The van der Waals surface area contributed by atoms with Gasteiger partial charge in [0.15, 0.2) is 0 Å². The van der Waals surface area contributed by atoms with Crippen LogP contribution in [0.4, 0.5) is 5.69 Å². The van der Waals surface area contributed by atoms with Gasteiger partial charge in [0.1, 0.15) is 0 Å². The minimum absolute atomic E-state index is 0.863. The Labute approximate surface area is 166 Å². The van der Waals surface area contributed by atoms with Crippen LogP contribution in [0.2, 0.25) is 0 Å². The smallest absolute Gasteiger partial charge is 0.0976 e. The highest BCUT2D eigenvalue weighted by Crippen LogP contribution is 2.28. The van der Waals surface area contributed by atoms with Crippen molar-refractivity contribution in [1.82, 2.24) is 9.88 Å². The second-order valence-corrected chi connectivity index (χ2v) is 7.99. The van der Waals surface area contributed by atoms with Crippen LogP contribution in [0.25, 0.3) is 11.3 Å². The van der Waals surface area contributed by atoms with Gasteiger partial charge in [0.2, 0.25) is 0 Å². The molecule has 0 radical (unpaired) electrons. The van der Waals surface area contributed by atoms with E-state index in [1.165, 1.54) is 27.8 Å². The van der Waals surface area contributed by atoms with Crippen molar-refractivity contribution in [2.45, 2.75) is 34.1 Å². The van der Waals surface area contributed by atoms with E-state index in [2.05, 4.69) is 79.4 Å². The van der Waals surface area contributed by atoms with Gasteiger partial charge in [0.25, 0.3) is 0 Å². The Hall–Kier alpha value is -2.46. The quantitative estimate of drug-likeness (QED) is 0.393. The summed E-state index contributed by atoms with van der Waals surface area (Å²) in [5.74, 6) is 0. The number of aliphatic imine (C=N–C) groups is 1. The average Bonchev–Trinajstić information content (AvgIpc) is 3.12. The molecule has 0 aliphatic heterocycles. The number of rotatable bonds is 6. The average molecular weight is 378 g/mol. The van der Waals surface area contributed by atoms with Crippen molar-refractivity contribution in [2.24, 2.45) is 4.99 Å². The van der Waals surface area contributed by atoms with Crippen molar-refractivity contribution in [2.75, 3.05) is 13.6 Å². The summed E-state index contributed by atoms with van der Waals surface area (Å²) in [7, 11) is 2.04. The van der Waals surface area contributed by atoms with Crippen LogP contribution in [0.3, 0.4) is 0 Å². The predicted molar refractivity (Wildman–Crippen MR) is 117 cm³/mol. The van der Waals surface area contributed by atoms with Gasteiger partial charge in [0, 0.05) is 31.0 Å². The lowest BCUT2D eigenvalue weighted by molar-refractivity contribution is 0.552. The molecule has 1 aromatic heterocycles. The van der Waals surface area contributed by atoms with Crippen LogP contribution in [0.1, 0.15) is 34.2 Å². The van der Waals surface area contributed by atoms with Crippen LogP contribution in [0.5, 0.6) is 0 Å². The third-order valence-electron chi connectivity index (χ3n) is 4.79. The van der Waals surface area contributed by atoms with Gasteiger partial charge in [-0.1, -0.05) is 35.9 Å². The highest BCUT2D eigenvalue weighted by atomic mass is 32.1. The van der Waals surface area contributed by atoms with Crippen LogP contribution in [-0.4, -0.2) is 29.8 Å². The summed E-state index contributed by atoms with van der Waals surface area (Å²) in [6.45, 7) is 9.46. The third kappa shape index (κ3) is 4.83. The number of benzene rings is 2.